The fourth-order valence-corrected chi connectivity index (χ4v) is 4.95. The lowest BCUT2D eigenvalue weighted by Gasteiger charge is -2.34. The molecule has 1 aliphatic heterocycles. The zero-order chi connectivity index (χ0) is 25.0. The molecular weight excluding hydrogens is 452 g/mol. The molecule has 1 saturated heterocycles. The number of nitrogens with zero attached hydrogens (tertiary/aromatic N) is 2. The molecule has 0 aromatic carbocycles. The largest absolute Gasteiger partial charge is 0.506 e. The fraction of sp³-hybridized carbons (Fsp3) is 0.500. The molecule has 0 bridgehead atoms. The number of ether oxygens (including phenoxy) is 3. The highest BCUT2D eigenvalue weighted by Crippen LogP contribution is 2.42. The lowest BCUT2D eigenvalue weighted by atomic mass is 10.0. The summed E-state index contributed by atoms with van der Waals surface area (Å²) < 4.78 is 17.0. The Kier molecular flexibility index (Phi) is 8.02. The number of carbonyl (C=O) groups is 1. The number of likely N-dealkylation sites (tertiary alicyclic amines) is 1. The van der Waals surface area contributed by atoms with Crippen LogP contribution in [0.5, 0.6) is 5.75 Å². The highest BCUT2D eigenvalue weighted by molar-refractivity contribution is 7.17. The molecule has 2 aliphatic rings. The molecule has 0 radical (unpaired) electrons. The van der Waals surface area contributed by atoms with Gasteiger partial charge in [-0.05, 0) is 45.8 Å². The summed E-state index contributed by atoms with van der Waals surface area (Å²) in [5.41, 5.74) is 1.71. The van der Waals surface area contributed by atoms with Crippen molar-refractivity contribution >= 4 is 28.2 Å². The number of allylic oxidation sites excluding steroid dienone is 3. The first-order valence-corrected chi connectivity index (χ1v) is 12.4. The summed E-state index contributed by atoms with van der Waals surface area (Å²) in [5, 5.41) is 11.2. The standard InChI is InChI=1S/C26H36N2O5S/c1-8-28(23-16-22(29)24(34-23)18(3)31-7)21-15-20(10-9-17(21)2)32-19-11-13-27(14-12-19)25(30)33-26(4,5)6/h8,15-16,19,29H,1,3,9-14H2,2,4-7H3. The van der Waals surface area contributed by atoms with Gasteiger partial charge in [0, 0.05) is 50.3 Å². The first kappa shape index (κ1) is 25.7. The zero-order valence-electron chi connectivity index (χ0n) is 20.8. The van der Waals surface area contributed by atoms with Crippen LogP contribution in [0.4, 0.5) is 9.80 Å². The van der Waals surface area contributed by atoms with Crippen LogP contribution in [0.1, 0.15) is 58.3 Å². The molecule has 1 fully saturated rings. The van der Waals surface area contributed by atoms with Gasteiger partial charge in [0.25, 0.3) is 0 Å². The van der Waals surface area contributed by atoms with E-state index >= 15 is 0 Å². The van der Waals surface area contributed by atoms with Gasteiger partial charge in [-0.1, -0.05) is 13.2 Å². The third-order valence-electron chi connectivity index (χ3n) is 5.77. The summed E-state index contributed by atoms with van der Waals surface area (Å²) in [6.07, 6.45) is 6.82. The maximum atomic E-state index is 12.3. The number of hydrogen-bond acceptors (Lipinski definition) is 7. The molecule has 2 heterocycles. The molecular formula is C26H36N2O5S. The Labute approximate surface area is 206 Å². The molecule has 7 nitrogen and oxygen atoms in total. The van der Waals surface area contributed by atoms with E-state index in [1.807, 2.05) is 25.7 Å². The van der Waals surface area contributed by atoms with Crippen LogP contribution in [0.2, 0.25) is 0 Å². The van der Waals surface area contributed by atoms with Crippen LogP contribution in [0.25, 0.3) is 5.76 Å². The van der Waals surface area contributed by atoms with Crippen molar-refractivity contribution in [2.75, 3.05) is 25.1 Å². The Morgan fingerprint density at radius 3 is 2.56 bits per heavy atom. The second kappa shape index (κ2) is 10.6. The summed E-state index contributed by atoms with van der Waals surface area (Å²) in [6, 6.07) is 1.70. The first-order chi connectivity index (χ1) is 16.0. The highest BCUT2D eigenvalue weighted by atomic mass is 32.1. The average Bonchev–Trinajstić information content (AvgIpc) is 3.16. The van der Waals surface area contributed by atoms with E-state index < -0.39 is 5.60 Å². The second-order valence-electron chi connectivity index (χ2n) is 9.54. The van der Waals surface area contributed by atoms with Crippen molar-refractivity contribution in [3.8, 4) is 5.75 Å². The van der Waals surface area contributed by atoms with E-state index in [9.17, 15) is 9.90 Å². The molecule has 1 N–H and O–H groups in total. The number of aromatic hydroxyl groups is 1. The van der Waals surface area contributed by atoms with Crippen molar-refractivity contribution in [3.63, 3.8) is 0 Å². The number of hydrogen-bond donors (Lipinski definition) is 1. The maximum Gasteiger partial charge on any atom is 0.410 e. The molecule has 3 rings (SSSR count). The number of rotatable bonds is 7. The van der Waals surface area contributed by atoms with Gasteiger partial charge in [0.15, 0.2) is 0 Å². The third kappa shape index (κ3) is 6.17. The molecule has 8 heteroatoms. The summed E-state index contributed by atoms with van der Waals surface area (Å²) >= 11 is 1.39. The van der Waals surface area contributed by atoms with E-state index in [1.165, 1.54) is 24.0 Å². The van der Waals surface area contributed by atoms with Crippen molar-refractivity contribution in [1.82, 2.24) is 4.90 Å². The number of thiophene rings is 1. The predicted octanol–water partition coefficient (Wildman–Crippen LogP) is 6.39. The predicted molar refractivity (Wildman–Crippen MR) is 137 cm³/mol. The van der Waals surface area contributed by atoms with Crippen LogP contribution in [0.15, 0.2) is 48.5 Å². The molecule has 0 spiro atoms. The molecule has 0 unspecified atom stereocenters. The minimum absolute atomic E-state index is 0.0594. The van der Waals surface area contributed by atoms with Crippen LogP contribution in [-0.2, 0) is 14.2 Å². The highest BCUT2D eigenvalue weighted by Gasteiger charge is 2.29. The van der Waals surface area contributed by atoms with E-state index in [0.717, 1.165) is 42.1 Å². The number of methoxy groups -OCH3 is 1. The van der Waals surface area contributed by atoms with Gasteiger partial charge in [-0.25, -0.2) is 4.79 Å². The minimum atomic E-state index is -0.494. The van der Waals surface area contributed by atoms with E-state index in [4.69, 9.17) is 14.2 Å². The normalized spacial score (nSPS) is 17.2. The molecule has 0 atom stereocenters. The van der Waals surface area contributed by atoms with E-state index in [1.54, 1.807) is 17.2 Å². The molecule has 0 saturated carbocycles. The van der Waals surface area contributed by atoms with Gasteiger partial charge in [-0.3, -0.25) is 0 Å². The van der Waals surface area contributed by atoms with Crippen molar-refractivity contribution in [3.05, 3.63) is 53.4 Å². The Hall–Kier alpha value is -2.87. The number of carbonyl (C=O) groups excluding carboxylic acids is 1. The maximum absolute atomic E-state index is 12.3. The van der Waals surface area contributed by atoms with Crippen molar-refractivity contribution in [2.24, 2.45) is 0 Å². The monoisotopic (exact) mass is 488 g/mol. The van der Waals surface area contributed by atoms with Gasteiger partial charge in [-0.2, -0.15) is 0 Å². The minimum Gasteiger partial charge on any atom is -0.506 e. The number of amides is 1. The summed E-state index contributed by atoms with van der Waals surface area (Å²) in [4.78, 5) is 16.6. The third-order valence-corrected chi connectivity index (χ3v) is 6.94. The van der Waals surface area contributed by atoms with E-state index in [-0.39, 0.29) is 17.9 Å². The van der Waals surface area contributed by atoms with Crippen LogP contribution < -0.4 is 4.90 Å². The summed E-state index contributed by atoms with van der Waals surface area (Å²) in [6.45, 7) is 16.8. The molecule has 1 aromatic heterocycles. The van der Waals surface area contributed by atoms with Crippen LogP contribution in [-0.4, -0.2) is 48.0 Å². The number of piperidine rings is 1. The van der Waals surface area contributed by atoms with Gasteiger partial charge >= 0.3 is 6.09 Å². The van der Waals surface area contributed by atoms with Gasteiger partial charge in [0.05, 0.1) is 12.9 Å². The van der Waals surface area contributed by atoms with Gasteiger partial charge in [0.2, 0.25) is 0 Å². The molecule has 1 amide bonds. The molecule has 1 aromatic rings. The van der Waals surface area contributed by atoms with Crippen molar-refractivity contribution in [1.29, 1.82) is 0 Å². The van der Waals surface area contributed by atoms with E-state index in [0.29, 0.717) is 23.7 Å². The Morgan fingerprint density at radius 2 is 1.97 bits per heavy atom. The Bertz CT molecular complexity index is 993. The lowest BCUT2D eigenvalue weighted by Crippen LogP contribution is -2.43. The van der Waals surface area contributed by atoms with E-state index in [2.05, 4.69) is 26.2 Å². The van der Waals surface area contributed by atoms with Crippen LogP contribution in [0, 0.1) is 0 Å². The molecule has 1 aliphatic carbocycles. The Morgan fingerprint density at radius 1 is 1.29 bits per heavy atom. The summed E-state index contributed by atoms with van der Waals surface area (Å²) in [7, 11) is 1.53. The second-order valence-corrected chi connectivity index (χ2v) is 10.6. The van der Waals surface area contributed by atoms with Gasteiger partial charge in [0.1, 0.15) is 33.1 Å². The topological polar surface area (TPSA) is 71.5 Å². The van der Waals surface area contributed by atoms with Crippen molar-refractivity contribution < 1.29 is 24.1 Å². The first-order valence-electron chi connectivity index (χ1n) is 11.5. The molecule has 186 valence electrons. The zero-order valence-corrected chi connectivity index (χ0v) is 21.7. The Balaban J connectivity index is 1.68. The fourth-order valence-electron chi connectivity index (χ4n) is 3.94. The quantitative estimate of drug-likeness (QED) is 0.449. The average molecular weight is 489 g/mol. The molecule has 34 heavy (non-hydrogen) atoms. The van der Waals surface area contributed by atoms with Crippen LogP contribution >= 0.6 is 11.3 Å². The van der Waals surface area contributed by atoms with Crippen LogP contribution in [0.3, 0.4) is 0 Å². The number of anilines is 1. The van der Waals surface area contributed by atoms with Gasteiger partial charge < -0.3 is 29.1 Å². The summed E-state index contributed by atoms with van der Waals surface area (Å²) in [5.74, 6) is 1.47. The smallest absolute Gasteiger partial charge is 0.410 e. The van der Waals surface area contributed by atoms with Crippen molar-refractivity contribution in [2.45, 2.75) is 65.1 Å². The van der Waals surface area contributed by atoms with Gasteiger partial charge in [-0.15, -0.1) is 11.3 Å². The lowest BCUT2D eigenvalue weighted by molar-refractivity contribution is 0.00335. The SMILES string of the molecule is C=CN(C1=C(C)CCC(OC2CCN(C(=O)OC(C)(C)C)CC2)=C1)c1cc(O)c(C(=C)OC)s1.